The van der Waals surface area contributed by atoms with Crippen molar-refractivity contribution >= 4 is 15.7 Å². The van der Waals surface area contributed by atoms with Crippen LogP contribution in [0.4, 0.5) is 0 Å². The minimum absolute atomic E-state index is 0.0651. The molecule has 0 saturated carbocycles. The van der Waals surface area contributed by atoms with Crippen molar-refractivity contribution in [3.63, 3.8) is 0 Å². The molecule has 6 nitrogen and oxygen atoms in total. The molecule has 0 aromatic rings. The molecule has 96 valence electrons. The summed E-state index contributed by atoms with van der Waals surface area (Å²) in [5, 5.41) is 2.64. The number of carbonyl (C=O) groups is 1. The van der Waals surface area contributed by atoms with E-state index < -0.39 is 15.9 Å². The molecule has 0 aromatic heterocycles. The molecule has 0 radical (unpaired) electrons. The number of amides is 1. The summed E-state index contributed by atoms with van der Waals surface area (Å²) in [7, 11) is -3.06. The molecule has 0 aromatic carbocycles. The molecule has 0 fully saturated rings. The summed E-state index contributed by atoms with van der Waals surface area (Å²) in [5.41, 5.74) is 10.8. The van der Waals surface area contributed by atoms with Gasteiger partial charge in [0.25, 0.3) is 0 Å². The van der Waals surface area contributed by atoms with Crippen LogP contribution in [0.25, 0.3) is 0 Å². The summed E-state index contributed by atoms with van der Waals surface area (Å²) in [6, 6.07) is -0.757. The number of rotatable bonds is 8. The molecular weight excluding hydrogens is 230 g/mol. The average Bonchev–Trinajstić information content (AvgIpc) is 2.19. The van der Waals surface area contributed by atoms with Crippen LogP contribution in [0.2, 0.25) is 0 Å². The Morgan fingerprint density at radius 1 is 1.38 bits per heavy atom. The second-order valence-corrected chi connectivity index (χ2v) is 6.07. The number of carbonyl (C=O) groups excluding carboxylic acids is 1. The van der Waals surface area contributed by atoms with E-state index >= 15 is 0 Å². The first-order valence-electron chi connectivity index (χ1n) is 5.28. The fourth-order valence-corrected chi connectivity index (χ4v) is 1.77. The highest BCUT2D eigenvalue weighted by atomic mass is 32.2. The van der Waals surface area contributed by atoms with Gasteiger partial charge in [0.2, 0.25) is 5.91 Å². The number of hydrogen-bond donors (Lipinski definition) is 3. The van der Waals surface area contributed by atoms with Crippen LogP contribution in [0.1, 0.15) is 19.3 Å². The molecule has 0 bridgehead atoms. The Bertz CT molecular complexity index is 303. The summed E-state index contributed by atoms with van der Waals surface area (Å²) >= 11 is 0. The van der Waals surface area contributed by atoms with E-state index in [1.165, 1.54) is 0 Å². The quantitative estimate of drug-likeness (QED) is 0.459. The van der Waals surface area contributed by atoms with Crippen molar-refractivity contribution < 1.29 is 13.2 Å². The summed E-state index contributed by atoms with van der Waals surface area (Å²) < 4.78 is 21.7. The van der Waals surface area contributed by atoms with E-state index in [0.717, 1.165) is 19.1 Å². The molecule has 0 heterocycles. The maximum absolute atomic E-state index is 11.4. The van der Waals surface area contributed by atoms with Crippen LogP contribution in [0.3, 0.4) is 0 Å². The second kappa shape index (κ2) is 7.59. The molecule has 0 aliphatic heterocycles. The van der Waals surface area contributed by atoms with Gasteiger partial charge in [-0.25, -0.2) is 8.42 Å². The van der Waals surface area contributed by atoms with Gasteiger partial charge in [0.1, 0.15) is 9.84 Å². The minimum atomic E-state index is -3.06. The highest BCUT2D eigenvalue weighted by Crippen LogP contribution is 1.94. The first-order valence-corrected chi connectivity index (χ1v) is 7.34. The van der Waals surface area contributed by atoms with Gasteiger partial charge in [-0.3, -0.25) is 4.79 Å². The van der Waals surface area contributed by atoms with E-state index in [1.807, 2.05) is 0 Å². The van der Waals surface area contributed by atoms with Crippen LogP contribution >= 0.6 is 0 Å². The van der Waals surface area contributed by atoms with Crippen LogP contribution in [-0.4, -0.2) is 45.5 Å². The van der Waals surface area contributed by atoms with E-state index in [-0.39, 0.29) is 18.1 Å². The Balaban J connectivity index is 3.74. The third-order valence-corrected chi connectivity index (χ3v) is 3.04. The van der Waals surface area contributed by atoms with Gasteiger partial charge in [-0.05, 0) is 25.8 Å². The molecule has 7 heteroatoms. The zero-order valence-corrected chi connectivity index (χ0v) is 10.4. The van der Waals surface area contributed by atoms with Gasteiger partial charge in [0.05, 0.1) is 11.8 Å². The van der Waals surface area contributed by atoms with Crippen molar-refractivity contribution in [2.45, 2.75) is 25.3 Å². The summed E-state index contributed by atoms with van der Waals surface area (Å²) in [4.78, 5) is 11.4. The maximum Gasteiger partial charge on any atom is 0.236 e. The predicted octanol–water partition coefficient (Wildman–Crippen LogP) is -1.40. The molecule has 16 heavy (non-hydrogen) atoms. The highest BCUT2D eigenvalue weighted by molar-refractivity contribution is 7.90. The van der Waals surface area contributed by atoms with Crippen molar-refractivity contribution in [2.75, 3.05) is 25.1 Å². The van der Waals surface area contributed by atoms with Gasteiger partial charge >= 0.3 is 0 Å². The molecule has 0 aliphatic rings. The Hall–Kier alpha value is -0.660. The lowest BCUT2D eigenvalue weighted by Gasteiger charge is -2.11. The lowest BCUT2D eigenvalue weighted by Crippen LogP contribution is -2.42. The maximum atomic E-state index is 11.4. The molecule has 1 atom stereocenters. The zero-order chi connectivity index (χ0) is 12.6. The number of unbranched alkanes of at least 4 members (excludes halogenated alkanes) is 1. The van der Waals surface area contributed by atoms with Gasteiger partial charge in [0, 0.05) is 12.8 Å². The summed E-state index contributed by atoms with van der Waals surface area (Å²) in [5.74, 6) is -0.370. The molecule has 0 saturated heterocycles. The largest absolute Gasteiger partial charge is 0.355 e. The fourth-order valence-electron chi connectivity index (χ4n) is 1.08. The zero-order valence-electron chi connectivity index (χ0n) is 9.61. The highest BCUT2D eigenvalue weighted by Gasteiger charge is 2.15. The molecule has 0 rings (SSSR count). The SMILES string of the molecule is CS(=O)(=O)CCC(N)C(=O)NCCCCN. The third-order valence-electron chi connectivity index (χ3n) is 2.07. The Morgan fingerprint density at radius 2 is 2.00 bits per heavy atom. The average molecular weight is 251 g/mol. The van der Waals surface area contributed by atoms with E-state index in [2.05, 4.69) is 5.32 Å². The van der Waals surface area contributed by atoms with Crippen LogP contribution < -0.4 is 16.8 Å². The Morgan fingerprint density at radius 3 is 2.50 bits per heavy atom. The summed E-state index contributed by atoms with van der Waals surface area (Å²) in [6.07, 6.45) is 2.93. The van der Waals surface area contributed by atoms with Crippen LogP contribution in [0.15, 0.2) is 0 Å². The van der Waals surface area contributed by atoms with Gasteiger partial charge in [-0.15, -0.1) is 0 Å². The van der Waals surface area contributed by atoms with Crippen LogP contribution in [-0.2, 0) is 14.6 Å². The standard InChI is InChI=1S/C9H21N3O3S/c1-16(14,15)7-4-8(11)9(13)12-6-3-2-5-10/h8H,2-7,10-11H2,1H3,(H,12,13). The van der Waals surface area contributed by atoms with Gasteiger partial charge in [-0.1, -0.05) is 0 Å². The first kappa shape index (κ1) is 15.3. The Labute approximate surface area is 96.7 Å². The van der Waals surface area contributed by atoms with Crippen LogP contribution in [0.5, 0.6) is 0 Å². The fraction of sp³-hybridized carbons (Fsp3) is 0.889. The number of sulfone groups is 1. The lowest BCUT2D eigenvalue weighted by molar-refractivity contribution is -0.122. The predicted molar refractivity (Wildman–Crippen MR) is 63.6 cm³/mol. The topological polar surface area (TPSA) is 115 Å². The van der Waals surface area contributed by atoms with Gasteiger partial charge < -0.3 is 16.8 Å². The molecule has 0 aliphatic carbocycles. The number of nitrogens with one attached hydrogen (secondary N) is 1. The van der Waals surface area contributed by atoms with E-state index in [9.17, 15) is 13.2 Å². The normalized spacial score (nSPS) is 13.4. The van der Waals surface area contributed by atoms with Gasteiger partial charge in [0.15, 0.2) is 0 Å². The number of nitrogens with two attached hydrogens (primary N) is 2. The molecule has 5 N–H and O–H groups in total. The molecule has 1 unspecified atom stereocenters. The second-order valence-electron chi connectivity index (χ2n) is 3.81. The summed E-state index contributed by atoms with van der Waals surface area (Å²) in [6.45, 7) is 1.12. The smallest absolute Gasteiger partial charge is 0.236 e. The van der Waals surface area contributed by atoms with Crippen molar-refractivity contribution in [3.8, 4) is 0 Å². The van der Waals surface area contributed by atoms with Crippen molar-refractivity contribution in [2.24, 2.45) is 11.5 Å². The molecule has 1 amide bonds. The first-order chi connectivity index (χ1) is 7.37. The molecule has 0 spiro atoms. The lowest BCUT2D eigenvalue weighted by atomic mass is 10.2. The monoisotopic (exact) mass is 251 g/mol. The van der Waals surface area contributed by atoms with E-state index in [4.69, 9.17) is 11.5 Å². The van der Waals surface area contributed by atoms with Crippen molar-refractivity contribution in [1.82, 2.24) is 5.32 Å². The van der Waals surface area contributed by atoms with Crippen molar-refractivity contribution in [1.29, 1.82) is 0 Å². The van der Waals surface area contributed by atoms with Gasteiger partial charge in [-0.2, -0.15) is 0 Å². The van der Waals surface area contributed by atoms with Crippen molar-refractivity contribution in [3.05, 3.63) is 0 Å². The number of hydrogen-bond acceptors (Lipinski definition) is 5. The van der Waals surface area contributed by atoms with E-state index in [1.54, 1.807) is 0 Å². The molecular formula is C9H21N3O3S. The third kappa shape index (κ3) is 8.63. The Kier molecular flexibility index (Phi) is 7.27. The van der Waals surface area contributed by atoms with Crippen LogP contribution in [0, 0.1) is 0 Å². The van der Waals surface area contributed by atoms with E-state index in [0.29, 0.717) is 13.1 Å². The minimum Gasteiger partial charge on any atom is -0.355 e.